The minimum Gasteiger partial charge on any atom is -0.333 e. The minimum absolute atomic E-state index is 0.135. The lowest BCUT2D eigenvalue weighted by Gasteiger charge is -2.10. The fourth-order valence-corrected chi connectivity index (χ4v) is 4.94. The molecule has 0 aliphatic rings. The molecule has 0 radical (unpaired) electrons. The second-order valence-electron chi connectivity index (χ2n) is 7.31. The second-order valence-corrected chi connectivity index (χ2v) is 9.31. The number of hydrogen-bond acceptors (Lipinski definition) is 6. The van der Waals surface area contributed by atoms with Gasteiger partial charge in [-0.25, -0.2) is 4.98 Å². The number of nitrogens with one attached hydrogen (secondary N) is 2. The lowest BCUT2D eigenvalue weighted by atomic mass is 10.1. The smallest absolute Gasteiger partial charge is 0.255 e. The molecule has 0 fully saturated rings. The normalized spacial score (nSPS) is 11.1. The number of nitrogens with zero attached hydrogens (tertiary/aromatic N) is 4. The van der Waals surface area contributed by atoms with E-state index in [-0.39, 0.29) is 5.91 Å². The summed E-state index contributed by atoms with van der Waals surface area (Å²) in [5.41, 5.74) is 4.29. The second kappa shape index (κ2) is 9.51. The van der Waals surface area contributed by atoms with E-state index in [1.165, 1.54) is 11.8 Å². The number of imidazole rings is 1. The maximum atomic E-state index is 13.0. The molecule has 0 bridgehead atoms. The summed E-state index contributed by atoms with van der Waals surface area (Å²) in [6.07, 6.45) is 1.67. The van der Waals surface area contributed by atoms with Gasteiger partial charge in [0.05, 0.1) is 11.0 Å². The van der Waals surface area contributed by atoms with Crippen LogP contribution in [-0.2, 0) is 12.8 Å². The Balaban J connectivity index is 1.25. The summed E-state index contributed by atoms with van der Waals surface area (Å²) in [6, 6.07) is 23.3. The fourth-order valence-electron chi connectivity index (χ4n) is 3.29. The largest absolute Gasteiger partial charge is 0.333 e. The van der Waals surface area contributed by atoms with Gasteiger partial charge < -0.3 is 14.9 Å². The molecule has 1 amide bonds. The van der Waals surface area contributed by atoms with Crippen LogP contribution in [0.5, 0.6) is 0 Å². The van der Waals surface area contributed by atoms with E-state index < -0.39 is 0 Å². The third kappa shape index (κ3) is 4.94. The Kier molecular flexibility index (Phi) is 6.14. The maximum Gasteiger partial charge on any atom is 0.255 e. The molecule has 0 unspecified atom stereocenters. The van der Waals surface area contributed by atoms with Crippen molar-refractivity contribution < 1.29 is 4.79 Å². The number of hydrogen-bond donors (Lipinski definition) is 2. The number of carbonyl (C=O) groups excluding carboxylic acids is 1. The van der Waals surface area contributed by atoms with Crippen LogP contribution in [0.3, 0.4) is 0 Å². The summed E-state index contributed by atoms with van der Waals surface area (Å²) in [6.45, 7) is 0. The van der Waals surface area contributed by atoms with Gasteiger partial charge >= 0.3 is 0 Å². The van der Waals surface area contributed by atoms with E-state index in [1.807, 2.05) is 84.4 Å². The number of amides is 1. The van der Waals surface area contributed by atoms with E-state index in [0.717, 1.165) is 37.5 Å². The van der Waals surface area contributed by atoms with Gasteiger partial charge in [0.2, 0.25) is 0 Å². The molecule has 3 aromatic carbocycles. The van der Waals surface area contributed by atoms with Gasteiger partial charge in [-0.1, -0.05) is 42.1 Å². The molecule has 2 heterocycles. The van der Waals surface area contributed by atoms with E-state index in [2.05, 4.69) is 25.5 Å². The Morgan fingerprint density at radius 3 is 2.61 bits per heavy atom. The summed E-state index contributed by atoms with van der Waals surface area (Å²) in [4.78, 5) is 21.9. The Morgan fingerprint density at radius 1 is 1.03 bits per heavy atom. The molecule has 0 aliphatic carbocycles. The van der Waals surface area contributed by atoms with Crippen molar-refractivity contribution in [2.24, 2.45) is 7.05 Å². The minimum atomic E-state index is -0.135. The summed E-state index contributed by atoms with van der Waals surface area (Å²) in [5.74, 6) is 0.501. The van der Waals surface area contributed by atoms with Crippen LogP contribution < -0.4 is 5.32 Å². The molecule has 9 heteroatoms. The topological polar surface area (TPSA) is 88.5 Å². The number of thioether (sulfide) groups is 1. The molecular formula is C24H20N6OS2. The molecule has 0 spiro atoms. The Hall–Kier alpha value is -3.56. The molecule has 2 aromatic heterocycles. The zero-order chi connectivity index (χ0) is 22.6. The van der Waals surface area contributed by atoms with Crippen LogP contribution in [-0.4, -0.2) is 30.6 Å². The first-order chi connectivity index (χ1) is 16.2. The zero-order valence-corrected chi connectivity index (χ0v) is 19.4. The number of anilines is 1. The first kappa shape index (κ1) is 21.3. The quantitative estimate of drug-likeness (QED) is 0.309. The highest BCUT2D eigenvalue weighted by Crippen LogP contribution is 2.27. The van der Waals surface area contributed by atoms with Crippen LogP contribution in [0.1, 0.15) is 15.9 Å². The van der Waals surface area contributed by atoms with Gasteiger partial charge in [-0.15, -0.1) is 10.2 Å². The predicted octanol–water partition coefficient (Wildman–Crippen LogP) is 5.39. The molecule has 0 atom stereocenters. The van der Waals surface area contributed by atoms with E-state index >= 15 is 0 Å². The van der Waals surface area contributed by atoms with Gasteiger partial charge in [-0.05, 0) is 59.8 Å². The molecule has 0 saturated carbocycles. The summed E-state index contributed by atoms with van der Waals surface area (Å²) < 4.78 is 1.86. The van der Waals surface area contributed by atoms with Crippen molar-refractivity contribution in [3.05, 3.63) is 90.3 Å². The average molecular weight is 473 g/mol. The van der Waals surface area contributed by atoms with E-state index in [0.29, 0.717) is 11.3 Å². The summed E-state index contributed by atoms with van der Waals surface area (Å²) in [7, 11) is 1.90. The first-order valence-corrected chi connectivity index (χ1v) is 12.0. The Morgan fingerprint density at radius 2 is 1.82 bits per heavy atom. The number of fused-ring (bicyclic) bond motifs is 1. The van der Waals surface area contributed by atoms with Gasteiger partial charge in [-0.3, -0.25) is 4.79 Å². The first-order valence-electron chi connectivity index (χ1n) is 10.2. The SMILES string of the molecule is Cn1cnnc1Sc1ccc(NC(=O)c2ccccc2CSc2nc3ccccc3[nH]2)cc1. The number of benzene rings is 3. The molecule has 5 aromatic rings. The van der Waals surface area contributed by atoms with Crippen LogP contribution in [0.15, 0.2) is 94.3 Å². The average Bonchev–Trinajstić information content (AvgIpc) is 3.44. The Bertz CT molecular complexity index is 1380. The zero-order valence-electron chi connectivity index (χ0n) is 17.7. The van der Waals surface area contributed by atoms with Crippen LogP contribution in [0.2, 0.25) is 0 Å². The van der Waals surface area contributed by atoms with Crippen molar-refractivity contribution in [1.82, 2.24) is 24.7 Å². The van der Waals surface area contributed by atoms with Crippen LogP contribution >= 0.6 is 23.5 Å². The summed E-state index contributed by atoms with van der Waals surface area (Å²) in [5, 5.41) is 12.6. The van der Waals surface area contributed by atoms with Crippen molar-refractivity contribution in [2.45, 2.75) is 21.0 Å². The number of H-pyrrole nitrogens is 1. The molecular weight excluding hydrogens is 452 g/mol. The molecule has 7 nitrogen and oxygen atoms in total. The Labute approximate surface area is 199 Å². The number of rotatable bonds is 7. The highest BCUT2D eigenvalue weighted by atomic mass is 32.2. The highest BCUT2D eigenvalue weighted by molar-refractivity contribution is 7.99. The lowest BCUT2D eigenvalue weighted by molar-refractivity contribution is 0.102. The van der Waals surface area contributed by atoms with Crippen molar-refractivity contribution in [2.75, 3.05) is 5.32 Å². The van der Waals surface area contributed by atoms with E-state index in [9.17, 15) is 4.79 Å². The van der Waals surface area contributed by atoms with Crippen molar-refractivity contribution in [1.29, 1.82) is 0 Å². The molecule has 0 aliphatic heterocycles. The molecule has 33 heavy (non-hydrogen) atoms. The lowest BCUT2D eigenvalue weighted by Crippen LogP contribution is -2.14. The number of aryl methyl sites for hydroxylation is 1. The third-order valence-electron chi connectivity index (χ3n) is 4.99. The van der Waals surface area contributed by atoms with Gasteiger partial charge in [0.1, 0.15) is 6.33 Å². The van der Waals surface area contributed by atoms with Gasteiger partial charge in [0.25, 0.3) is 5.91 Å². The van der Waals surface area contributed by atoms with Gasteiger partial charge in [0, 0.05) is 28.9 Å². The van der Waals surface area contributed by atoms with Gasteiger partial charge in [0.15, 0.2) is 10.3 Å². The number of para-hydroxylation sites is 2. The number of aromatic nitrogens is 5. The molecule has 164 valence electrons. The standard InChI is InChI=1S/C24H20N6OS2/c1-30-15-25-29-24(30)33-18-12-10-17(11-13-18)26-22(31)19-7-3-2-6-16(19)14-32-23-27-20-8-4-5-9-21(20)28-23/h2-13,15H,14H2,1H3,(H,26,31)(H,27,28). The van der Waals surface area contributed by atoms with Crippen molar-refractivity contribution in [3.8, 4) is 0 Å². The van der Waals surface area contributed by atoms with Crippen molar-refractivity contribution in [3.63, 3.8) is 0 Å². The molecule has 2 N–H and O–H groups in total. The summed E-state index contributed by atoms with van der Waals surface area (Å²) >= 11 is 3.10. The predicted molar refractivity (Wildman–Crippen MR) is 132 cm³/mol. The molecule has 0 saturated heterocycles. The van der Waals surface area contributed by atoms with E-state index in [4.69, 9.17) is 0 Å². The highest BCUT2D eigenvalue weighted by Gasteiger charge is 2.13. The van der Waals surface area contributed by atoms with Crippen LogP contribution in [0.25, 0.3) is 11.0 Å². The monoisotopic (exact) mass is 472 g/mol. The third-order valence-corrected chi connectivity index (χ3v) is 6.97. The van der Waals surface area contributed by atoms with Crippen molar-refractivity contribution >= 4 is 46.2 Å². The molecule has 5 rings (SSSR count). The maximum absolute atomic E-state index is 13.0. The fraction of sp³-hybridized carbons (Fsp3) is 0.0833. The number of aromatic amines is 1. The van der Waals surface area contributed by atoms with Crippen LogP contribution in [0.4, 0.5) is 5.69 Å². The number of carbonyl (C=O) groups is 1. The van der Waals surface area contributed by atoms with Crippen LogP contribution in [0, 0.1) is 0 Å². The van der Waals surface area contributed by atoms with E-state index in [1.54, 1.807) is 18.1 Å². The van der Waals surface area contributed by atoms with Gasteiger partial charge in [-0.2, -0.15) is 0 Å².